The minimum Gasteiger partial charge on any atom is -0.485 e. The fraction of sp³-hybridized carbons (Fsp3) is 0.250. The van der Waals surface area contributed by atoms with E-state index in [-0.39, 0.29) is 18.3 Å². The van der Waals surface area contributed by atoms with E-state index in [2.05, 4.69) is 0 Å². The Bertz CT molecular complexity index is 1070. The Hall–Kier alpha value is -3.74. The molecule has 31 heavy (non-hydrogen) atoms. The Kier molecular flexibility index (Phi) is 6.97. The Labute approximate surface area is 180 Å². The minimum absolute atomic E-state index is 0.222. The highest BCUT2D eigenvalue weighted by Gasteiger charge is 2.17. The fourth-order valence-electron chi connectivity index (χ4n) is 3.09. The normalized spacial score (nSPS) is 10.5. The van der Waals surface area contributed by atoms with Gasteiger partial charge in [0, 0.05) is 13.6 Å². The van der Waals surface area contributed by atoms with Gasteiger partial charge in [-0.3, -0.25) is 4.79 Å². The van der Waals surface area contributed by atoms with Gasteiger partial charge in [0.25, 0.3) is 5.91 Å². The Morgan fingerprint density at radius 1 is 1.03 bits per heavy atom. The molecule has 1 N–H and O–H groups in total. The topological polar surface area (TPSA) is 89.2 Å². The van der Waals surface area contributed by atoms with Crippen LogP contribution in [0.1, 0.15) is 33.0 Å². The molecule has 2 aromatic carbocycles. The lowest BCUT2D eigenvalue weighted by Crippen LogP contribution is -2.25. The van der Waals surface area contributed by atoms with E-state index in [0.29, 0.717) is 18.1 Å². The zero-order valence-electron chi connectivity index (χ0n) is 17.8. The summed E-state index contributed by atoms with van der Waals surface area (Å²) in [6, 6.07) is 16.3. The number of aryl methyl sites for hydroxylation is 2. The number of benzene rings is 2. The van der Waals surface area contributed by atoms with Gasteiger partial charge in [-0.2, -0.15) is 0 Å². The molecule has 0 unspecified atom stereocenters. The van der Waals surface area contributed by atoms with Crippen molar-refractivity contribution in [1.29, 1.82) is 0 Å². The van der Waals surface area contributed by atoms with E-state index in [1.807, 2.05) is 38.1 Å². The average molecular weight is 423 g/mol. The number of aliphatic carboxylic acids is 1. The van der Waals surface area contributed by atoms with Crippen LogP contribution in [0.3, 0.4) is 0 Å². The molecule has 0 bridgehead atoms. The number of rotatable bonds is 9. The second kappa shape index (κ2) is 9.84. The molecule has 3 aromatic rings. The zero-order chi connectivity index (χ0) is 22.4. The molecule has 0 fully saturated rings. The largest absolute Gasteiger partial charge is 0.485 e. The second-order valence-electron chi connectivity index (χ2n) is 7.31. The number of carboxylic acid groups (broad SMARTS) is 1. The fourth-order valence-corrected chi connectivity index (χ4v) is 3.09. The minimum atomic E-state index is -1.05. The van der Waals surface area contributed by atoms with Crippen LogP contribution in [0.25, 0.3) is 0 Å². The molecule has 0 saturated carbocycles. The predicted octanol–water partition coefficient (Wildman–Crippen LogP) is 4.21. The van der Waals surface area contributed by atoms with Gasteiger partial charge in [0.2, 0.25) is 0 Å². The summed E-state index contributed by atoms with van der Waals surface area (Å²) in [5.41, 5.74) is 3.01. The van der Waals surface area contributed by atoms with Crippen LogP contribution in [-0.2, 0) is 17.9 Å². The summed E-state index contributed by atoms with van der Waals surface area (Å²) in [7, 11) is 1.67. The summed E-state index contributed by atoms with van der Waals surface area (Å²) in [6.07, 6.45) is 0. The van der Waals surface area contributed by atoms with E-state index in [0.717, 1.165) is 22.4 Å². The van der Waals surface area contributed by atoms with E-state index >= 15 is 0 Å². The molecular formula is C24H25NO6. The third-order valence-electron chi connectivity index (χ3n) is 4.60. The zero-order valence-corrected chi connectivity index (χ0v) is 17.8. The summed E-state index contributed by atoms with van der Waals surface area (Å²) in [6.45, 7) is 4.13. The van der Waals surface area contributed by atoms with Crippen LogP contribution in [0.15, 0.2) is 59.0 Å². The molecule has 0 radical (unpaired) electrons. The van der Waals surface area contributed by atoms with Crippen molar-refractivity contribution >= 4 is 11.9 Å². The molecule has 3 rings (SSSR count). The van der Waals surface area contributed by atoms with Gasteiger partial charge in [0.05, 0.1) is 0 Å². The van der Waals surface area contributed by atoms with Gasteiger partial charge >= 0.3 is 5.97 Å². The number of hydrogen-bond donors (Lipinski definition) is 1. The number of ether oxygens (including phenoxy) is 2. The van der Waals surface area contributed by atoms with Crippen molar-refractivity contribution < 1.29 is 28.6 Å². The van der Waals surface area contributed by atoms with Gasteiger partial charge in [-0.25, -0.2) is 4.79 Å². The predicted molar refractivity (Wildman–Crippen MR) is 114 cm³/mol. The molecule has 7 heteroatoms. The van der Waals surface area contributed by atoms with Crippen molar-refractivity contribution in [2.45, 2.75) is 27.0 Å². The SMILES string of the molecule is Cc1ccc(OCc2ccc(C(=O)N(C)Cc3cccc(OCC(=O)O)c3)o2)c(C)c1. The van der Waals surface area contributed by atoms with E-state index < -0.39 is 12.6 Å². The maximum Gasteiger partial charge on any atom is 0.341 e. The lowest BCUT2D eigenvalue weighted by atomic mass is 10.1. The van der Waals surface area contributed by atoms with Crippen LogP contribution in [-0.4, -0.2) is 35.5 Å². The maximum atomic E-state index is 12.7. The van der Waals surface area contributed by atoms with Crippen molar-refractivity contribution in [3.63, 3.8) is 0 Å². The maximum absolute atomic E-state index is 12.7. The smallest absolute Gasteiger partial charge is 0.341 e. The highest BCUT2D eigenvalue weighted by Crippen LogP contribution is 2.21. The summed E-state index contributed by atoms with van der Waals surface area (Å²) >= 11 is 0. The molecule has 0 aliphatic heterocycles. The highest BCUT2D eigenvalue weighted by molar-refractivity contribution is 5.91. The van der Waals surface area contributed by atoms with E-state index in [1.165, 1.54) is 4.90 Å². The van der Waals surface area contributed by atoms with Gasteiger partial charge in [0.15, 0.2) is 12.4 Å². The van der Waals surface area contributed by atoms with Crippen LogP contribution < -0.4 is 9.47 Å². The lowest BCUT2D eigenvalue weighted by Gasteiger charge is -2.16. The molecule has 7 nitrogen and oxygen atoms in total. The summed E-state index contributed by atoms with van der Waals surface area (Å²) < 4.78 is 16.7. The highest BCUT2D eigenvalue weighted by atomic mass is 16.5. The van der Waals surface area contributed by atoms with Crippen molar-refractivity contribution in [2.75, 3.05) is 13.7 Å². The first-order valence-electron chi connectivity index (χ1n) is 9.79. The summed E-state index contributed by atoms with van der Waals surface area (Å²) in [5.74, 6) is 0.671. The van der Waals surface area contributed by atoms with E-state index in [9.17, 15) is 9.59 Å². The third-order valence-corrected chi connectivity index (χ3v) is 4.60. The molecule has 0 spiro atoms. The van der Waals surface area contributed by atoms with Crippen LogP contribution in [0.5, 0.6) is 11.5 Å². The monoisotopic (exact) mass is 423 g/mol. The van der Waals surface area contributed by atoms with Gasteiger partial charge in [-0.05, 0) is 55.3 Å². The van der Waals surface area contributed by atoms with Crippen LogP contribution in [0.2, 0.25) is 0 Å². The number of carbonyl (C=O) groups excluding carboxylic acids is 1. The summed E-state index contributed by atoms with van der Waals surface area (Å²) in [5, 5.41) is 8.72. The van der Waals surface area contributed by atoms with Crippen LogP contribution >= 0.6 is 0 Å². The van der Waals surface area contributed by atoms with Crippen LogP contribution in [0, 0.1) is 13.8 Å². The number of carbonyl (C=O) groups is 2. The number of hydrogen-bond acceptors (Lipinski definition) is 5. The van der Waals surface area contributed by atoms with Gasteiger partial charge in [0.1, 0.15) is 23.9 Å². The molecule has 1 heterocycles. The first-order valence-corrected chi connectivity index (χ1v) is 9.79. The first-order chi connectivity index (χ1) is 14.8. The van der Waals surface area contributed by atoms with E-state index in [4.69, 9.17) is 19.0 Å². The molecule has 0 aliphatic rings. The number of amides is 1. The molecule has 1 amide bonds. The van der Waals surface area contributed by atoms with Gasteiger partial charge in [-0.1, -0.05) is 29.8 Å². The molecular weight excluding hydrogens is 398 g/mol. The van der Waals surface area contributed by atoms with Crippen molar-refractivity contribution in [1.82, 2.24) is 4.90 Å². The Morgan fingerprint density at radius 3 is 2.58 bits per heavy atom. The standard InChI is InChI=1S/C24H25NO6/c1-16-7-9-21(17(2)11-16)30-14-20-8-10-22(31-20)24(28)25(3)13-18-5-4-6-19(12-18)29-15-23(26)27/h4-12H,13-15H2,1-3H3,(H,26,27). The summed E-state index contributed by atoms with van der Waals surface area (Å²) in [4.78, 5) is 24.9. The van der Waals surface area contributed by atoms with Crippen LogP contribution in [0.4, 0.5) is 0 Å². The van der Waals surface area contributed by atoms with Crippen molar-refractivity contribution in [3.8, 4) is 11.5 Å². The molecule has 0 saturated heterocycles. The molecule has 1 aromatic heterocycles. The number of furan rings is 1. The number of carboxylic acids is 1. The second-order valence-corrected chi connectivity index (χ2v) is 7.31. The first kappa shape index (κ1) is 22.0. The quantitative estimate of drug-likeness (QED) is 0.555. The Balaban J connectivity index is 1.58. The van der Waals surface area contributed by atoms with Crippen molar-refractivity contribution in [2.24, 2.45) is 0 Å². The van der Waals surface area contributed by atoms with Gasteiger partial charge < -0.3 is 23.9 Å². The Morgan fingerprint density at radius 2 is 1.84 bits per heavy atom. The number of nitrogens with zero attached hydrogens (tertiary/aromatic N) is 1. The van der Waals surface area contributed by atoms with Gasteiger partial charge in [-0.15, -0.1) is 0 Å². The lowest BCUT2D eigenvalue weighted by molar-refractivity contribution is -0.139. The molecule has 0 aliphatic carbocycles. The van der Waals surface area contributed by atoms with Crippen molar-refractivity contribution in [3.05, 3.63) is 82.8 Å². The molecule has 0 atom stereocenters. The molecule has 162 valence electrons. The average Bonchev–Trinajstić information content (AvgIpc) is 3.20. The van der Waals surface area contributed by atoms with E-state index in [1.54, 1.807) is 37.4 Å². The third kappa shape index (κ3) is 6.12.